The summed E-state index contributed by atoms with van der Waals surface area (Å²) in [5.74, 6) is 1.80. The first kappa shape index (κ1) is 15.6. The van der Waals surface area contributed by atoms with Crippen LogP contribution < -0.4 is 5.32 Å². The quantitative estimate of drug-likeness (QED) is 0.898. The number of rotatable bonds is 4. The maximum atomic E-state index is 12.6. The minimum Gasteiger partial charge on any atom is -0.351 e. The van der Waals surface area contributed by atoms with Gasteiger partial charge in [-0.3, -0.25) is 14.7 Å². The zero-order valence-corrected chi connectivity index (χ0v) is 13.8. The van der Waals surface area contributed by atoms with Crippen LogP contribution in [0.4, 0.5) is 0 Å². The maximum Gasteiger partial charge on any atom is 0.239 e. The molecule has 0 aliphatic carbocycles. The number of hydrogen-bond acceptors (Lipinski definition) is 5. The van der Waals surface area contributed by atoms with Gasteiger partial charge in [-0.2, -0.15) is 0 Å². The van der Waals surface area contributed by atoms with Crippen LogP contribution in [0.1, 0.15) is 29.7 Å². The zero-order valence-electron chi connectivity index (χ0n) is 13.8. The molecule has 2 aromatic rings. The van der Waals surface area contributed by atoms with Gasteiger partial charge in [-0.15, -0.1) is 10.2 Å². The van der Waals surface area contributed by atoms with Crippen LogP contribution in [0.2, 0.25) is 0 Å². The molecule has 23 heavy (non-hydrogen) atoms. The second-order valence-electron chi connectivity index (χ2n) is 5.92. The van der Waals surface area contributed by atoms with Crippen molar-refractivity contribution < 1.29 is 4.79 Å². The first-order chi connectivity index (χ1) is 11.1. The summed E-state index contributed by atoms with van der Waals surface area (Å²) in [6.45, 7) is 5.76. The monoisotopic (exact) mass is 314 g/mol. The summed E-state index contributed by atoms with van der Waals surface area (Å²) in [5, 5.41) is 11.3. The molecule has 3 heterocycles. The lowest BCUT2D eigenvalue weighted by Gasteiger charge is -2.32. The van der Waals surface area contributed by atoms with E-state index < -0.39 is 0 Å². The van der Waals surface area contributed by atoms with Crippen LogP contribution in [-0.2, 0) is 30.8 Å². The molecule has 2 aromatic heterocycles. The van der Waals surface area contributed by atoms with Crippen molar-refractivity contribution in [2.24, 2.45) is 0 Å². The van der Waals surface area contributed by atoms with E-state index >= 15 is 0 Å². The molecule has 7 nitrogen and oxygen atoms in total. The Morgan fingerprint density at radius 1 is 1.39 bits per heavy atom. The van der Waals surface area contributed by atoms with Gasteiger partial charge >= 0.3 is 0 Å². The summed E-state index contributed by atoms with van der Waals surface area (Å²) >= 11 is 0. The fourth-order valence-electron chi connectivity index (χ4n) is 2.95. The minimum absolute atomic E-state index is 0.0325. The molecular formula is C16H22N6O. The Morgan fingerprint density at radius 3 is 3.00 bits per heavy atom. The van der Waals surface area contributed by atoms with Gasteiger partial charge in [0.1, 0.15) is 17.7 Å². The molecule has 0 radical (unpaired) electrons. The number of fused-ring (bicyclic) bond motifs is 1. The van der Waals surface area contributed by atoms with Gasteiger partial charge in [-0.25, -0.2) is 0 Å². The standard InChI is InChI=1S/C16H22N6O/c1-4-12-7-17-6-5-13(12)8-18-16(23)14-9-22-11(2)19-20-15(22)10-21(14)3/h5-7,14H,4,8-10H2,1-3H3,(H,18,23). The molecule has 0 saturated heterocycles. The predicted molar refractivity (Wildman–Crippen MR) is 85.5 cm³/mol. The highest BCUT2D eigenvalue weighted by Gasteiger charge is 2.30. The molecular weight excluding hydrogens is 292 g/mol. The average Bonchev–Trinajstić information content (AvgIpc) is 2.92. The Balaban J connectivity index is 1.68. The Labute approximate surface area is 135 Å². The summed E-state index contributed by atoms with van der Waals surface area (Å²) in [6, 6.07) is 1.76. The van der Waals surface area contributed by atoms with Crippen molar-refractivity contribution in [3.63, 3.8) is 0 Å². The summed E-state index contributed by atoms with van der Waals surface area (Å²) in [6.07, 6.45) is 4.53. The number of aryl methyl sites for hydroxylation is 2. The summed E-state index contributed by atoms with van der Waals surface area (Å²) in [4.78, 5) is 18.8. The Bertz CT molecular complexity index is 710. The topological polar surface area (TPSA) is 75.9 Å². The van der Waals surface area contributed by atoms with Crippen molar-refractivity contribution >= 4 is 5.91 Å². The van der Waals surface area contributed by atoms with Gasteiger partial charge in [0.25, 0.3) is 0 Å². The molecule has 1 N–H and O–H groups in total. The minimum atomic E-state index is -0.205. The molecule has 3 rings (SSSR count). The lowest BCUT2D eigenvalue weighted by molar-refractivity contribution is -0.127. The lowest BCUT2D eigenvalue weighted by Crippen LogP contribution is -2.50. The van der Waals surface area contributed by atoms with Gasteiger partial charge in [0.15, 0.2) is 0 Å². The number of amides is 1. The second kappa shape index (κ2) is 6.45. The second-order valence-corrected chi connectivity index (χ2v) is 5.92. The van der Waals surface area contributed by atoms with Crippen LogP contribution in [0.25, 0.3) is 0 Å². The van der Waals surface area contributed by atoms with Gasteiger partial charge in [-0.1, -0.05) is 6.92 Å². The highest BCUT2D eigenvalue weighted by Crippen LogP contribution is 2.16. The van der Waals surface area contributed by atoms with Gasteiger partial charge in [0.2, 0.25) is 5.91 Å². The van der Waals surface area contributed by atoms with E-state index in [9.17, 15) is 4.79 Å². The van der Waals surface area contributed by atoms with E-state index in [4.69, 9.17) is 0 Å². The van der Waals surface area contributed by atoms with Crippen LogP contribution in [0, 0.1) is 6.92 Å². The van der Waals surface area contributed by atoms with Crippen LogP contribution in [-0.4, -0.2) is 43.6 Å². The van der Waals surface area contributed by atoms with E-state index in [1.165, 1.54) is 5.56 Å². The predicted octanol–water partition coefficient (Wildman–Crippen LogP) is 0.674. The molecule has 1 aliphatic rings. The normalized spacial score (nSPS) is 17.8. The molecule has 122 valence electrons. The highest BCUT2D eigenvalue weighted by atomic mass is 16.2. The third-order valence-corrected chi connectivity index (χ3v) is 4.43. The smallest absolute Gasteiger partial charge is 0.239 e. The first-order valence-electron chi connectivity index (χ1n) is 7.88. The van der Waals surface area contributed by atoms with Crippen molar-refractivity contribution in [1.82, 2.24) is 30.0 Å². The van der Waals surface area contributed by atoms with Crippen molar-refractivity contribution in [3.05, 3.63) is 41.2 Å². The molecule has 0 fully saturated rings. The SMILES string of the molecule is CCc1cnccc1CNC(=O)C1Cn2c(C)nnc2CN1C. The van der Waals surface area contributed by atoms with E-state index in [-0.39, 0.29) is 11.9 Å². The molecule has 1 atom stereocenters. The number of likely N-dealkylation sites (N-methyl/N-ethyl adjacent to an activating group) is 1. The molecule has 7 heteroatoms. The molecule has 1 aliphatic heterocycles. The van der Waals surface area contributed by atoms with Crippen molar-refractivity contribution in [2.75, 3.05) is 7.05 Å². The van der Waals surface area contributed by atoms with E-state index in [1.54, 1.807) is 6.20 Å². The summed E-state index contributed by atoms with van der Waals surface area (Å²) in [7, 11) is 1.95. The molecule has 0 spiro atoms. The molecule has 0 aromatic carbocycles. The fourth-order valence-corrected chi connectivity index (χ4v) is 2.95. The van der Waals surface area contributed by atoms with Crippen molar-refractivity contribution in [1.29, 1.82) is 0 Å². The van der Waals surface area contributed by atoms with Gasteiger partial charge in [0.05, 0.1) is 13.1 Å². The van der Waals surface area contributed by atoms with E-state index in [0.29, 0.717) is 19.6 Å². The molecule has 1 unspecified atom stereocenters. The third-order valence-electron chi connectivity index (χ3n) is 4.43. The van der Waals surface area contributed by atoms with Crippen LogP contribution in [0.15, 0.2) is 18.5 Å². The third kappa shape index (κ3) is 3.10. The van der Waals surface area contributed by atoms with Crippen LogP contribution in [0.5, 0.6) is 0 Å². The number of aromatic nitrogens is 4. The number of nitrogens with zero attached hydrogens (tertiary/aromatic N) is 5. The van der Waals surface area contributed by atoms with Crippen molar-refractivity contribution in [2.45, 2.75) is 45.9 Å². The van der Waals surface area contributed by atoms with Crippen LogP contribution in [0.3, 0.4) is 0 Å². The number of nitrogens with one attached hydrogen (secondary N) is 1. The van der Waals surface area contributed by atoms with Crippen LogP contribution >= 0.6 is 0 Å². The number of pyridine rings is 1. The number of hydrogen-bond donors (Lipinski definition) is 1. The van der Waals surface area contributed by atoms with Gasteiger partial charge in [-0.05, 0) is 37.6 Å². The molecule has 0 saturated carbocycles. The Morgan fingerprint density at radius 2 is 2.22 bits per heavy atom. The number of carbonyl (C=O) groups is 1. The maximum absolute atomic E-state index is 12.6. The fraction of sp³-hybridized carbons (Fsp3) is 0.500. The molecule has 0 bridgehead atoms. The largest absolute Gasteiger partial charge is 0.351 e. The van der Waals surface area contributed by atoms with E-state index in [0.717, 1.165) is 23.6 Å². The summed E-state index contributed by atoms with van der Waals surface area (Å²) in [5.41, 5.74) is 2.29. The highest BCUT2D eigenvalue weighted by molar-refractivity contribution is 5.81. The number of carbonyl (C=O) groups excluding carboxylic acids is 1. The van der Waals surface area contributed by atoms with E-state index in [2.05, 4.69) is 27.4 Å². The van der Waals surface area contributed by atoms with E-state index in [1.807, 2.05) is 35.7 Å². The summed E-state index contributed by atoms with van der Waals surface area (Å²) < 4.78 is 2.02. The lowest BCUT2D eigenvalue weighted by atomic mass is 10.1. The van der Waals surface area contributed by atoms with Gasteiger partial charge in [0, 0.05) is 18.9 Å². The average molecular weight is 314 g/mol. The Hall–Kier alpha value is -2.28. The molecule has 1 amide bonds. The zero-order chi connectivity index (χ0) is 16.4. The van der Waals surface area contributed by atoms with Gasteiger partial charge < -0.3 is 9.88 Å². The van der Waals surface area contributed by atoms with Crippen molar-refractivity contribution in [3.8, 4) is 0 Å². The Kier molecular flexibility index (Phi) is 4.38. The first-order valence-corrected chi connectivity index (χ1v) is 7.88.